The minimum Gasteiger partial charge on any atom is -0.515 e. The molecule has 0 saturated carbocycles. The van der Waals surface area contributed by atoms with Gasteiger partial charge >= 0.3 is 5.97 Å². The number of carbonyl (C=O) groups is 2. The molecule has 0 aromatic rings. The van der Waals surface area contributed by atoms with Gasteiger partial charge in [-0.3, -0.25) is 9.69 Å². The molecule has 1 saturated heterocycles. The largest absolute Gasteiger partial charge is 0.515 e. The number of hydrogen-bond donors (Lipinski definition) is 1. The monoisotopic (exact) mass is 384 g/mol. The summed E-state index contributed by atoms with van der Waals surface area (Å²) in [6.07, 6.45) is 3.82. The van der Waals surface area contributed by atoms with Crippen molar-refractivity contribution in [1.82, 2.24) is 9.88 Å². The summed E-state index contributed by atoms with van der Waals surface area (Å²) in [6.45, 7) is 14.4. The highest BCUT2D eigenvalue weighted by molar-refractivity contribution is 8.00. The molecule has 0 spiro atoms. The van der Waals surface area contributed by atoms with Crippen molar-refractivity contribution in [3.8, 4) is 0 Å². The molecule has 0 aromatic heterocycles. The Hall–Kier alpha value is -0.836. The van der Waals surface area contributed by atoms with Crippen LogP contribution in [0.1, 0.15) is 6.92 Å². The number of thioether (sulfide) groups is 1. The molecule has 2 atom stereocenters. The molecule has 8 heteroatoms. The lowest BCUT2D eigenvalue weighted by Gasteiger charge is -2.51. The van der Waals surface area contributed by atoms with E-state index in [0.717, 1.165) is 11.3 Å². The van der Waals surface area contributed by atoms with Crippen LogP contribution in [0.15, 0.2) is 23.4 Å². The molecule has 0 bridgehead atoms. The van der Waals surface area contributed by atoms with Gasteiger partial charge in [0.15, 0.2) is 0 Å². The third-order valence-corrected chi connectivity index (χ3v) is 6.82. The molecule has 24 heavy (non-hydrogen) atoms. The zero-order valence-electron chi connectivity index (χ0n) is 15.6. The Morgan fingerprint density at radius 2 is 1.92 bits per heavy atom. The standard InChI is InChI=1S/C16H28N2O3SSi2/c1-8-9-11-10-22-15-12(17-23(2,3)4)14(19)18(15)13(11)16(20)21-24(5,6)7/h8-9,12,15,17H,10H2,1-7H3/b9-8-/t12?,15-/m0/s1. The number of amides is 1. The van der Waals surface area contributed by atoms with Gasteiger partial charge in [0.25, 0.3) is 0 Å². The highest BCUT2D eigenvalue weighted by atomic mass is 32.2. The smallest absolute Gasteiger partial charge is 0.342 e. The zero-order chi connectivity index (χ0) is 18.3. The summed E-state index contributed by atoms with van der Waals surface area (Å²) in [5, 5.41) is -0.0117. The molecule has 2 aliphatic heterocycles. The van der Waals surface area contributed by atoms with E-state index in [2.05, 4.69) is 24.6 Å². The molecule has 1 N–H and O–H groups in total. The topological polar surface area (TPSA) is 58.6 Å². The number of fused-ring (bicyclic) bond motifs is 1. The van der Waals surface area contributed by atoms with E-state index in [9.17, 15) is 9.59 Å². The van der Waals surface area contributed by atoms with Crippen molar-refractivity contribution in [2.24, 2.45) is 0 Å². The minimum absolute atomic E-state index is 0.0117. The number of carbonyl (C=O) groups excluding carboxylic acids is 2. The molecule has 1 fully saturated rings. The predicted octanol–water partition coefficient (Wildman–Crippen LogP) is 2.90. The lowest BCUT2D eigenvalue weighted by molar-refractivity contribution is -0.147. The molecule has 2 rings (SSSR count). The average molecular weight is 385 g/mol. The normalized spacial score (nSPS) is 25.0. The maximum absolute atomic E-state index is 12.7. The van der Waals surface area contributed by atoms with Crippen LogP contribution >= 0.6 is 11.8 Å². The van der Waals surface area contributed by atoms with Crippen LogP contribution in [-0.4, -0.2) is 50.5 Å². The first-order valence-corrected chi connectivity index (χ1v) is 16.2. The quantitative estimate of drug-likeness (QED) is 0.583. The van der Waals surface area contributed by atoms with E-state index in [4.69, 9.17) is 4.43 Å². The molecule has 0 aromatic carbocycles. The number of hydrogen-bond acceptors (Lipinski definition) is 5. The van der Waals surface area contributed by atoms with Gasteiger partial charge in [0.2, 0.25) is 14.2 Å². The molecule has 0 radical (unpaired) electrons. The Bertz CT molecular complexity index is 605. The second-order valence-electron chi connectivity index (χ2n) is 8.16. The van der Waals surface area contributed by atoms with Crippen molar-refractivity contribution in [3.05, 3.63) is 23.4 Å². The van der Waals surface area contributed by atoms with E-state index in [0.29, 0.717) is 5.70 Å². The van der Waals surface area contributed by atoms with Crippen LogP contribution < -0.4 is 4.98 Å². The molecular weight excluding hydrogens is 356 g/mol. The first-order valence-electron chi connectivity index (χ1n) is 8.26. The van der Waals surface area contributed by atoms with Crippen LogP contribution in [0.4, 0.5) is 0 Å². The summed E-state index contributed by atoms with van der Waals surface area (Å²) < 4.78 is 5.68. The molecular formula is C16H28N2O3SSi2. The molecule has 0 aliphatic carbocycles. The Kier molecular flexibility index (Phi) is 5.53. The van der Waals surface area contributed by atoms with E-state index in [-0.39, 0.29) is 23.3 Å². The van der Waals surface area contributed by atoms with Crippen LogP contribution in [-0.2, 0) is 14.0 Å². The Balaban J connectivity index is 2.31. The van der Waals surface area contributed by atoms with Gasteiger partial charge in [-0.05, 0) is 32.1 Å². The fourth-order valence-corrected chi connectivity index (χ4v) is 6.06. The molecule has 2 aliphatic rings. The van der Waals surface area contributed by atoms with Crippen LogP contribution in [0.2, 0.25) is 39.3 Å². The average Bonchev–Trinajstić information content (AvgIpc) is 2.41. The van der Waals surface area contributed by atoms with Gasteiger partial charge in [-0.1, -0.05) is 31.8 Å². The molecule has 5 nitrogen and oxygen atoms in total. The third-order valence-electron chi connectivity index (χ3n) is 3.55. The third kappa shape index (κ3) is 4.22. The Labute approximate surface area is 151 Å². The SMILES string of the molecule is C/C=C\C1=C(C(=O)O[Si](C)(C)C)N2C(=O)C(N[Si](C)(C)C)[C@@H]2SC1. The van der Waals surface area contributed by atoms with Crippen LogP contribution in [0.25, 0.3) is 0 Å². The molecule has 1 unspecified atom stereocenters. The number of β-lactam (4-membered cyclic amide) rings is 1. The van der Waals surface area contributed by atoms with Gasteiger partial charge in [-0.15, -0.1) is 11.8 Å². The van der Waals surface area contributed by atoms with E-state index >= 15 is 0 Å². The number of nitrogens with one attached hydrogen (secondary N) is 1. The summed E-state index contributed by atoms with van der Waals surface area (Å²) >= 11 is 1.71. The zero-order valence-corrected chi connectivity index (χ0v) is 18.4. The minimum atomic E-state index is -2.02. The number of allylic oxidation sites excluding steroid dienone is 2. The van der Waals surface area contributed by atoms with Crippen molar-refractivity contribution in [2.75, 3.05) is 5.75 Å². The van der Waals surface area contributed by atoms with Crippen molar-refractivity contribution in [2.45, 2.75) is 57.6 Å². The van der Waals surface area contributed by atoms with Gasteiger partial charge in [0, 0.05) is 5.75 Å². The Morgan fingerprint density at radius 1 is 1.29 bits per heavy atom. The predicted molar refractivity (Wildman–Crippen MR) is 105 cm³/mol. The maximum Gasteiger partial charge on any atom is 0.342 e. The maximum atomic E-state index is 12.7. The summed E-state index contributed by atoms with van der Waals surface area (Å²) in [7, 11) is -3.60. The summed E-state index contributed by atoms with van der Waals surface area (Å²) in [6, 6.07) is -0.191. The lowest BCUT2D eigenvalue weighted by Crippen LogP contribution is -2.73. The highest BCUT2D eigenvalue weighted by Gasteiger charge is 2.54. The fourth-order valence-electron chi connectivity index (χ4n) is 2.75. The van der Waals surface area contributed by atoms with Crippen LogP contribution in [0, 0.1) is 0 Å². The first-order chi connectivity index (χ1) is 10.9. The van der Waals surface area contributed by atoms with E-state index < -0.39 is 16.6 Å². The van der Waals surface area contributed by atoms with E-state index in [1.165, 1.54) is 0 Å². The second-order valence-corrected chi connectivity index (χ2v) is 18.5. The van der Waals surface area contributed by atoms with Gasteiger partial charge in [-0.2, -0.15) is 0 Å². The Morgan fingerprint density at radius 3 is 2.42 bits per heavy atom. The molecule has 1 amide bonds. The molecule has 134 valence electrons. The number of rotatable bonds is 5. The second kappa shape index (κ2) is 6.82. The van der Waals surface area contributed by atoms with Gasteiger partial charge < -0.3 is 9.41 Å². The first kappa shape index (κ1) is 19.5. The molecule has 2 heterocycles. The number of nitrogens with zero attached hydrogens (tertiary/aromatic N) is 1. The van der Waals surface area contributed by atoms with E-state index in [1.54, 1.807) is 16.7 Å². The fraction of sp³-hybridized carbons (Fsp3) is 0.625. The van der Waals surface area contributed by atoms with Gasteiger partial charge in [0.1, 0.15) is 25.3 Å². The summed E-state index contributed by atoms with van der Waals surface area (Å²) in [5.41, 5.74) is 1.32. The summed E-state index contributed by atoms with van der Waals surface area (Å²) in [4.78, 5) is 30.6. The summed E-state index contributed by atoms with van der Waals surface area (Å²) in [5.74, 6) is 0.352. The van der Waals surface area contributed by atoms with Crippen LogP contribution in [0.5, 0.6) is 0 Å². The lowest BCUT2D eigenvalue weighted by atomic mass is 10.0. The van der Waals surface area contributed by atoms with Crippen molar-refractivity contribution >= 4 is 40.2 Å². The van der Waals surface area contributed by atoms with Crippen LogP contribution in [0.3, 0.4) is 0 Å². The van der Waals surface area contributed by atoms with Crippen molar-refractivity contribution in [3.63, 3.8) is 0 Å². The van der Waals surface area contributed by atoms with Crippen molar-refractivity contribution in [1.29, 1.82) is 0 Å². The van der Waals surface area contributed by atoms with Gasteiger partial charge in [-0.25, -0.2) is 4.79 Å². The van der Waals surface area contributed by atoms with Crippen molar-refractivity contribution < 1.29 is 14.0 Å². The van der Waals surface area contributed by atoms with Gasteiger partial charge in [0.05, 0.1) is 0 Å². The van der Waals surface area contributed by atoms with E-state index in [1.807, 2.05) is 38.7 Å². The highest BCUT2D eigenvalue weighted by Crippen LogP contribution is 2.41.